The number of amides is 4. The number of unbranched alkanes of at least 4 members (excludes halogenated alkanes) is 3. The van der Waals surface area contributed by atoms with Gasteiger partial charge in [-0.15, -0.1) is 0 Å². The summed E-state index contributed by atoms with van der Waals surface area (Å²) in [6, 6.07) is 9.84. The summed E-state index contributed by atoms with van der Waals surface area (Å²) in [5.74, 6) is -2.77. The SMILES string of the molecule is CCCCc1ccc(O)c(C(=O)NNC(=O)C(C)CCCCC(CCC)C(=O)NNC(=O)c2cc(CCCC)ccc2O)c1. The summed E-state index contributed by atoms with van der Waals surface area (Å²) in [6.07, 6.45) is 9.57. The second-order valence-corrected chi connectivity index (χ2v) is 11.5. The Morgan fingerprint density at radius 2 is 1.09 bits per heavy atom. The van der Waals surface area contributed by atoms with Gasteiger partial charge in [0.15, 0.2) is 0 Å². The van der Waals surface area contributed by atoms with Crippen LogP contribution in [0.2, 0.25) is 0 Å². The zero-order chi connectivity index (χ0) is 32.5. The first kappa shape index (κ1) is 36.1. The van der Waals surface area contributed by atoms with Gasteiger partial charge >= 0.3 is 0 Å². The van der Waals surface area contributed by atoms with Crippen LogP contribution in [-0.2, 0) is 22.4 Å². The molecule has 0 aliphatic carbocycles. The van der Waals surface area contributed by atoms with Crippen molar-refractivity contribution in [3.63, 3.8) is 0 Å². The van der Waals surface area contributed by atoms with Gasteiger partial charge in [-0.05, 0) is 80.3 Å². The van der Waals surface area contributed by atoms with Gasteiger partial charge in [-0.1, -0.05) is 71.9 Å². The van der Waals surface area contributed by atoms with Crippen molar-refractivity contribution in [3.05, 3.63) is 58.7 Å². The molecular formula is C34H50N4O6. The number of phenolic OH excluding ortho intramolecular Hbond substituents is 2. The molecule has 2 rings (SSSR count). The van der Waals surface area contributed by atoms with E-state index in [1.54, 1.807) is 31.2 Å². The van der Waals surface area contributed by atoms with Gasteiger partial charge in [-0.3, -0.25) is 40.9 Å². The second kappa shape index (κ2) is 19.2. The molecule has 0 fully saturated rings. The Labute approximate surface area is 261 Å². The van der Waals surface area contributed by atoms with Crippen LogP contribution in [0.25, 0.3) is 0 Å². The highest BCUT2D eigenvalue weighted by molar-refractivity contribution is 5.98. The van der Waals surface area contributed by atoms with Crippen LogP contribution in [-0.4, -0.2) is 33.8 Å². The average molecular weight is 611 g/mol. The minimum absolute atomic E-state index is 0.111. The van der Waals surface area contributed by atoms with Gasteiger partial charge in [0, 0.05) is 11.8 Å². The minimum Gasteiger partial charge on any atom is -0.507 e. The predicted molar refractivity (Wildman–Crippen MR) is 171 cm³/mol. The van der Waals surface area contributed by atoms with Gasteiger partial charge in [0.05, 0.1) is 11.1 Å². The Bertz CT molecular complexity index is 1250. The Morgan fingerprint density at radius 3 is 1.57 bits per heavy atom. The predicted octanol–water partition coefficient (Wildman–Crippen LogP) is 5.62. The van der Waals surface area contributed by atoms with E-state index < -0.39 is 11.8 Å². The van der Waals surface area contributed by atoms with Gasteiger partial charge < -0.3 is 10.2 Å². The number of benzene rings is 2. The average Bonchev–Trinajstić information content (AvgIpc) is 3.02. The molecule has 2 aromatic rings. The van der Waals surface area contributed by atoms with Gasteiger partial charge in [0.25, 0.3) is 11.8 Å². The van der Waals surface area contributed by atoms with E-state index in [9.17, 15) is 29.4 Å². The lowest BCUT2D eigenvalue weighted by atomic mass is 9.94. The number of aromatic hydroxyl groups is 2. The quantitative estimate of drug-likeness (QED) is 0.101. The third-order valence-electron chi connectivity index (χ3n) is 7.74. The summed E-state index contributed by atoms with van der Waals surface area (Å²) in [6.45, 7) is 7.92. The fraction of sp³-hybridized carbons (Fsp3) is 0.529. The van der Waals surface area contributed by atoms with Crippen LogP contribution in [0.4, 0.5) is 0 Å². The zero-order valence-corrected chi connectivity index (χ0v) is 26.6. The molecule has 0 radical (unpaired) electrons. The lowest BCUT2D eigenvalue weighted by Crippen LogP contribution is -2.44. The molecule has 0 saturated heterocycles. The molecule has 10 heteroatoms. The van der Waals surface area contributed by atoms with E-state index in [2.05, 4.69) is 35.6 Å². The zero-order valence-electron chi connectivity index (χ0n) is 26.6. The summed E-state index contributed by atoms with van der Waals surface area (Å²) in [7, 11) is 0. The standard InChI is InChI=1S/C34H50N4O6/c1-5-8-14-24-17-19-29(39)27(21-24)33(43)37-35-31(41)23(4)13-10-11-16-26(12-7-3)32(42)36-38-34(44)28-22-25(15-9-6-2)18-20-30(28)40/h17-23,26,39-40H,5-16H2,1-4H3,(H,35,41)(H,36,42)(H,37,43)(H,38,44). The number of hydrogen-bond donors (Lipinski definition) is 6. The number of hydrogen-bond acceptors (Lipinski definition) is 6. The van der Waals surface area contributed by atoms with Crippen molar-refractivity contribution in [2.24, 2.45) is 11.8 Å². The largest absolute Gasteiger partial charge is 0.507 e. The maximum absolute atomic E-state index is 12.9. The molecule has 2 unspecified atom stereocenters. The highest BCUT2D eigenvalue weighted by Gasteiger charge is 2.21. The van der Waals surface area contributed by atoms with Crippen molar-refractivity contribution in [2.45, 2.75) is 105 Å². The summed E-state index contributed by atoms with van der Waals surface area (Å²) in [4.78, 5) is 50.6. The third-order valence-corrected chi connectivity index (χ3v) is 7.74. The van der Waals surface area contributed by atoms with Crippen LogP contribution in [0, 0.1) is 11.8 Å². The van der Waals surface area contributed by atoms with E-state index in [1.807, 2.05) is 6.92 Å². The molecule has 0 saturated carbocycles. The van der Waals surface area contributed by atoms with Crippen LogP contribution in [0.3, 0.4) is 0 Å². The first-order chi connectivity index (χ1) is 21.1. The maximum atomic E-state index is 12.9. The molecule has 0 heterocycles. The Kier molecular flexibility index (Phi) is 15.8. The highest BCUT2D eigenvalue weighted by Crippen LogP contribution is 2.22. The molecule has 10 nitrogen and oxygen atoms in total. The summed E-state index contributed by atoms with van der Waals surface area (Å²) < 4.78 is 0. The van der Waals surface area contributed by atoms with Crippen LogP contribution in [0.5, 0.6) is 11.5 Å². The van der Waals surface area contributed by atoms with Crippen LogP contribution in [0.1, 0.15) is 124 Å². The summed E-state index contributed by atoms with van der Waals surface area (Å²) >= 11 is 0. The third kappa shape index (κ3) is 11.9. The van der Waals surface area contributed by atoms with Crippen molar-refractivity contribution in [1.29, 1.82) is 0 Å². The van der Waals surface area contributed by atoms with Gasteiger partial charge in [-0.25, -0.2) is 0 Å². The Morgan fingerprint density at radius 1 is 0.614 bits per heavy atom. The van der Waals surface area contributed by atoms with Crippen molar-refractivity contribution in [3.8, 4) is 11.5 Å². The van der Waals surface area contributed by atoms with E-state index in [-0.39, 0.29) is 46.3 Å². The van der Waals surface area contributed by atoms with E-state index in [1.165, 1.54) is 12.1 Å². The fourth-order valence-electron chi connectivity index (χ4n) is 4.93. The lowest BCUT2D eigenvalue weighted by molar-refractivity contribution is -0.127. The fourth-order valence-corrected chi connectivity index (χ4v) is 4.93. The molecule has 4 amide bonds. The molecule has 0 aliphatic heterocycles. The summed E-state index contributed by atoms with van der Waals surface area (Å²) in [5.41, 5.74) is 11.9. The molecule has 0 aromatic heterocycles. The minimum atomic E-state index is -0.582. The van der Waals surface area contributed by atoms with E-state index in [0.29, 0.717) is 32.1 Å². The molecule has 242 valence electrons. The molecule has 6 N–H and O–H groups in total. The molecule has 44 heavy (non-hydrogen) atoms. The highest BCUT2D eigenvalue weighted by atomic mass is 16.3. The van der Waals surface area contributed by atoms with Gasteiger partial charge in [-0.2, -0.15) is 0 Å². The first-order valence-electron chi connectivity index (χ1n) is 15.9. The van der Waals surface area contributed by atoms with E-state index in [0.717, 1.165) is 56.1 Å². The molecule has 0 bridgehead atoms. The molecule has 0 aliphatic rings. The second-order valence-electron chi connectivity index (χ2n) is 11.5. The molecular weight excluding hydrogens is 560 g/mol. The Balaban J connectivity index is 1.78. The lowest BCUT2D eigenvalue weighted by Gasteiger charge is -2.18. The van der Waals surface area contributed by atoms with E-state index >= 15 is 0 Å². The number of carbonyl (C=O) groups excluding carboxylic acids is 4. The maximum Gasteiger partial charge on any atom is 0.273 e. The smallest absolute Gasteiger partial charge is 0.273 e. The van der Waals surface area contributed by atoms with Crippen molar-refractivity contribution in [2.75, 3.05) is 0 Å². The summed E-state index contributed by atoms with van der Waals surface area (Å²) in [5, 5.41) is 20.2. The molecule has 2 atom stereocenters. The van der Waals surface area contributed by atoms with Gasteiger partial charge in [0.2, 0.25) is 11.8 Å². The van der Waals surface area contributed by atoms with E-state index in [4.69, 9.17) is 0 Å². The number of rotatable bonds is 17. The van der Waals surface area contributed by atoms with Crippen molar-refractivity contribution in [1.82, 2.24) is 21.7 Å². The van der Waals surface area contributed by atoms with Crippen LogP contribution < -0.4 is 21.7 Å². The molecule has 2 aromatic carbocycles. The van der Waals surface area contributed by atoms with Crippen LogP contribution >= 0.6 is 0 Å². The molecule has 0 spiro atoms. The number of nitrogens with one attached hydrogen (secondary N) is 4. The van der Waals surface area contributed by atoms with Crippen LogP contribution in [0.15, 0.2) is 36.4 Å². The number of carbonyl (C=O) groups is 4. The van der Waals surface area contributed by atoms with Crippen molar-refractivity contribution >= 4 is 23.6 Å². The number of phenols is 2. The normalized spacial score (nSPS) is 12.2. The monoisotopic (exact) mass is 610 g/mol. The first-order valence-corrected chi connectivity index (χ1v) is 15.9. The number of aryl methyl sites for hydroxylation is 2. The van der Waals surface area contributed by atoms with Crippen molar-refractivity contribution < 1.29 is 29.4 Å². The Hall–Kier alpha value is -4.08. The number of hydrazine groups is 2. The van der Waals surface area contributed by atoms with Gasteiger partial charge in [0.1, 0.15) is 11.5 Å². The topological polar surface area (TPSA) is 157 Å².